The molecule has 0 radical (unpaired) electrons. The summed E-state index contributed by atoms with van der Waals surface area (Å²) in [5.41, 5.74) is 1.56. The average molecular weight is 361 g/mol. The Morgan fingerprint density at radius 3 is 2.38 bits per heavy atom. The summed E-state index contributed by atoms with van der Waals surface area (Å²) in [6.45, 7) is 2.89. The standard InChI is InChI=1S/C19H24FN3O3/c1-5-26-17-9-7-14(11-18(17)25-4)23-19(21-2)22-12-13-6-8-16(24-3)15(20)10-13/h6-11H,5,12H2,1-4H3,(H2,21,22,23). The minimum Gasteiger partial charge on any atom is -0.494 e. The van der Waals surface area contributed by atoms with E-state index in [1.165, 1.54) is 13.2 Å². The Morgan fingerprint density at radius 2 is 1.77 bits per heavy atom. The van der Waals surface area contributed by atoms with E-state index in [0.717, 1.165) is 11.3 Å². The molecule has 26 heavy (non-hydrogen) atoms. The van der Waals surface area contributed by atoms with Gasteiger partial charge in [0.15, 0.2) is 29.0 Å². The molecule has 0 spiro atoms. The van der Waals surface area contributed by atoms with Crippen molar-refractivity contribution in [1.29, 1.82) is 0 Å². The third-order valence-corrected chi connectivity index (χ3v) is 3.63. The molecule has 6 nitrogen and oxygen atoms in total. The summed E-state index contributed by atoms with van der Waals surface area (Å²) in [4.78, 5) is 4.17. The number of benzene rings is 2. The van der Waals surface area contributed by atoms with Crippen LogP contribution in [0.15, 0.2) is 41.4 Å². The topological polar surface area (TPSA) is 64.1 Å². The van der Waals surface area contributed by atoms with Crippen LogP contribution in [-0.4, -0.2) is 33.8 Å². The summed E-state index contributed by atoms with van der Waals surface area (Å²) in [7, 11) is 4.69. The molecule has 0 bridgehead atoms. The minimum atomic E-state index is -0.397. The molecule has 2 rings (SSSR count). The number of hydrogen-bond acceptors (Lipinski definition) is 4. The summed E-state index contributed by atoms with van der Waals surface area (Å²) in [6, 6.07) is 10.3. The number of guanidine groups is 1. The number of rotatable bonds is 7. The fourth-order valence-corrected chi connectivity index (χ4v) is 2.34. The maximum Gasteiger partial charge on any atom is 0.195 e. The first-order valence-corrected chi connectivity index (χ1v) is 8.22. The third kappa shape index (κ3) is 5.02. The zero-order valence-electron chi connectivity index (χ0n) is 15.4. The Balaban J connectivity index is 2.02. The summed E-state index contributed by atoms with van der Waals surface area (Å²) in [5, 5.41) is 6.30. The SMILES string of the molecule is CCOc1ccc(NC(=NC)NCc2ccc(OC)c(F)c2)cc1OC. The molecule has 0 aliphatic heterocycles. The molecule has 2 aromatic rings. The zero-order valence-corrected chi connectivity index (χ0v) is 15.4. The van der Waals surface area contributed by atoms with E-state index in [2.05, 4.69) is 15.6 Å². The molecule has 0 saturated heterocycles. The van der Waals surface area contributed by atoms with Gasteiger partial charge in [-0.15, -0.1) is 0 Å². The van der Waals surface area contributed by atoms with Crippen LogP contribution in [-0.2, 0) is 6.54 Å². The van der Waals surface area contributed by atoms with Gasteiger partial charge in [0.1, 0.15) is 0 Å². The molecule has 2 N–H and O–H groups in total. The Bertz CT molecular complexity index is 766. The van der Waals surface area contributed by atoms with E-state index in [0.29, 0.717) is 30.6 Å². The van der Waals surface area contributed by atoms with Gasteiger partial charge in [-0.1, -0.05) is 6.07 Å². The molecule has 2 aromatic carbocycles. The van der Waals surface area contributed by atoms with Gasteiger partial charge in [-0.2, -0.15) is 0 Å². The summed E-state index contributed by atoms with van der Waals surface area (Å²) >= 11 is 0. The fraction of sp³-hybridized carbons (Fsp3) is 0.316. The van der Waals surface area contributed by atoms with Gasteiger partial charge in [-0.05, 0) is 36.8 Å². The molecule has 0 amide bonds. The molecule has 0 aromatic heterocycles. The highest BCUT2D eigenvalue weighted by Crippen LogP contribution is 2.30. The van der Waals surface area contributed by atoms with E-state index in [9.17, 15) is 4.39 Å². The van der Waals surface area contributed by atoms with Crippen molar-refractivity contribution in [3.63, 3.8) is 0 Å². The van der Waals surface area contributed by atoms with Crippen molar-refractivity contribution in [3.8, 4) is 17.2 Å². The van der Waals surface area contributed by atoms with Crippen molar-refractivity contribution in [1.82, 2.24) is 5.32 Å². The maximum atomic E-state index is 13.8. The normalized spacial score (nSPS) is 11.0. The average Bonchev–Trinajstić information content (AvgIpc) is 2.66. The molecule has 0 heterocycles. The van der Waals surface area contributed by atoms with Crippen LogP contribution in [0.25, 0.3) is 0 Å². The van der Waals surface area contributed by atoms with E-state index < -0.39 is 5.82 Å². The van der Waals surface area contributed by atoms with E-state index in [-0.39, 0.29) is 5.75 Å². The first-order valence-electron chi connectivity index (χ1n) is 8.22. The fourth-order valence-electron chi connectivity index (χ4n) is 2.34. The van der Waals surface area contributed by atoms with Crippen LogP contribution in [0.5, 0.6) is 17.2 Å². The van der Waals surface area contributed by atoms with Crippen molar-refractivity contribution in [2.24, 2.45) is 4.99 Å². The lowest BCUT2D eigenvalue weighted by atomic mass is 10.2. The number of halogens is 1. The van der Waals surface area contributed by atoms with E-state index in [4.69, 9.17) is 14.2 Å². The lowest BCUT2D eigenvalue weighted by Gasteiger charge is -2.15. The minimum absolute atomic E-state index is 0.220. The lowest BCUT2D eigenvalue weighted by molar-refractivity contribution is 0.311. The first kappa shape index (κ1) is 19.4. The molecule has 0 unspecified atom stereocenters. The third-order valence-electron chi connectivity index (χ3n) is 3.63. The van der Waals surface area contributed by atoms with Crippen molar-refractivity contribution in [2.75, 3.05) is 33.2 Å². The number of methoxy groups -OCH3 is 2. The van der Waals surface area contributed by atoms with Gasteiger partial charge in [0.2, 0.25) is 0 Å². The van der Waals surface area contributed by atoms with E-state index in [1.54, 1.807) is 26.3 Å². The van der Waals surface area contributed by atoms with E-state index >= 15 is 0 Å². The number of hydrogen-bond donors (Lipinski definition) is 2. The molecule has 0 atom stereocenters. The van der Waals surface area contributed by atoms with Crippen molar-refractivity contribution < 1.29 is 18.6 Å². The molecule has 140 valence electrons. The summed E-state index contributed by atoms with van der Waals surface area (Å²) in [6.07, 6.45) is 0. The molecular weight excluding hydrogens is 337 g/mol. The zero-order chi connectivity index (χ0) is 18.9. The predicted octanol–water partition coefficient (Wildman–Crippen LogP) is 3.43. The number of aliphatic imine (C=N–C) groups is 1. The van der Waals surface area contributed by atoms with Crippen LogP contribution in [0.3, 0.4) is 0 Å². The number of ether oxygens (including phenoxy) is 3. The lowest BCUT2D eigenvalue weighted by Crippen LogP contribution is -2.30. The van der Waals surface area contributed by atoms with Crippen LogP contribution >= 0.6 is 0 Å². The number of anilines is 1. The van der Waals surface area contributed by atoms with Gasteiger partial charge >= 0.3 is 0 Å². The van der Waals surface area contributed by atoms with Crippen LogP contribution in [0.4, 0.5) is 10.1 Å². The largest absolute Gasteiger partial charge is 0.494 e. The summed E-state index contributed by atoms with van der Waals surface area (Å²) in [5.74, 6) is 1.68. The maximum absolute atomic E-state index is 13.8. The van der Waals surface area contributed by atoms with Crippen LogP contribution in [0.1, 0.15) is 12.5 Å². The van der Waals surface area contributed by atoms with E-state index in [1.807, 2.05) is 25.1 Å². The van der Waals surface area contributed by atoms with Gasteiger partial charge in [0, 0.05) is 25.3 Å². The van der Waals surface area contributed by atoms with Gasteiger partial charge < -0.3 is 24.8 Å². The second kappa shape index (κ2) is 9.50. The highest BCUT2D eigenvalue weighted by molar-refractivity contribution is 5.93. The Labute approximate surface area is 153 Å². The monoisotopic (exact) mass is 361 g/mol. The Kier molecular flexibility index (Phi) is 7.08. The van der Waals surface area contributed by atoms with Crippen molar-refractivity contribution in [3.05, 3.63) is 47.8 Å². The van der Waals surface area contributed by atoms with Gasteiger partial charge in [0.25, 0.3) is 0 Å². The predicted molar refractivity (Wildman–Crippen MR) is 101 cm³/mol. The van der Waals surface area contributed by atoms with Crippen LogP contribution < -0.4 is 24.8 Å². The van der Waals surface area contributed by atoms with Crippen LogP contribution in [0.2, 0.25) is 0 Å². The quantitative estimate of drug-likeness (QED) is 0.584. The summed E-state index contributed by atoms with van der Waals surface area (Å²) < 4.78 is 29.5. The molecule has 0 saturated carbocycles. The highest BCUT2D eigenvalue weighted by atomic mass is 19.1. The second-order valence-electron chi connectivity index (χ2n) is 5.32. The molecule has 0 aliphatic carbocycles. The Morgan fingerprint density at radius 1 is 1.04 bits per heavy atom. The van der Waals surface area contributed by atoms with Crippen LogP contribution in [0, 0.1) is 5.82 Å². The van der Waals surface area contributed by atoms with Gasteiger partial charge in [-0.3, -0.25) is 4.99 Å². The molecule has 0 aliphatic rings. The molecule has 0 fully saturated rings. The van der Waals surface area contributed by atoms with Crippen molar-refractivity contribution >= 4 is 11.6 Å². The smallest absolute Gasteiger partial charge is 0.195 e. The number of nitrogens with one attached hydrogen (secondary N) is 2. The molecular formula is C19H24FN3O3. The molecule has 7 heteroatoms. The first-order chi connectivity index (χ1) is 12.6. The Hall–Kier alpha value is -2.96. The second-order valence-corrected chi connectivity index (χ2v) is 5.32. The number of nitrogens with zero attached hydrogens (tertiary/aromatic N) is 1. The highest BCUT2D eigenvalue weighted by Gasteiger charge is 2.08. The van der Waals surface area contributed by atoms with Crippen molar-refractivity contribution in [2.45, 2.75) is 13.5 Å². The van der Waals surface area contributed by atoms with Gasteiger partial charge in [0.05, 0.1) is 20.8 Å². The van der Waals surface area contributed by atoms with Gasteiger partial charge in [-0.25, -0.2) is 4.39 Å².